The second kappa shape index (κ2) is 7.71. The summed E-state index contributed by atoms with van der Waals surface area (Å²) in [6.45, 7) is 4.31. The summed E-state index contributed by atoms with van der Waals surface area (Å²) in [6, 6.07) is 12.5. The predicted octanol–water partition coefficient (Wildman–Crippen LogP) is 4.06. The average Bonchev–Trinajstić information content (AvgIpc) is 2.50. The quantitative estimate of drug-likeness (QED) is 0.873. The fourth-order valence-electron chi connectivity index (χ4n) is 1.88. The molecule has 0 atom stereocenters. The first-order valence-corrected chi connectivity index (χ1v) is 7.38. The molecule has 0 unspecified atom stereocenters. The number of anilines is 1. The normalized spacial score (nSPS) is 10.1. The minimum absolute atomic E-state index is 0.0818. The molecule has 0 spiro atoms. The smallest absolute Gasteiger partial charge is 0.262 e. The Morgan fingerprint density at radius 1 is 1.14 bits per heavy atom. The van der Waals surface area contributed by atoms with Crippen molar-refractivity contribution in [1.82, 2.24) is 0 Å². The lowest BCUT2D eigenvalue weighted by Gasteiger charge is -2.11. The second-order valence-corrected chi connectivity index (χ2v) is 5.14. The molecule has 2 aromatic rings. The van der Waals surface area contributed by atoms with Gasteiger partial charge in [0.2, 0.25) is 0 Å². The molecule has 0 bridgehead atoms. The number of rotatable bonds is 6. The highest BCUT2D eigenvalue weighted by atomic mass is 35.5. The molecule has 0 aliphatic rings. The number of benzene rings is 2. The summed E-state index contributed by atoms with van der Waals surface area (Å²) in [7, 11) is 0. The molecular weight excluding hydrogens is 302 g/mol. The molecule has 22 heavy (non-hydrogen) atoms. The molecule has 116 valence electrons. The zero-order valence-electron chi connectivity index (χ0n) is 12.6. The maximum Gasteiger partial charge on any atom is 0.262 e. The average molecular weight is 320 g/mol. The van der Waals surface area contributed by atoms with Crippen molar-refractivity contribution in [2.75, 3.05) is 18.5 Å². The molecule has 0 heterocycles. The SMILES string of the molecule is CCOc1cccc(OCC(=O)Nc2cc(Cl)ccc2C)c1. The van der Waals surface area contributed by atoms with Crippen LogP contribution in [0.25, 0.3) is 0 Å². The number of carbonyl (C=O) groups is 1. The molecule has 1 amide bonds. The number of hydrogen-bond acceptors (Lipinski definition) is 3. The topological polar surface area (TPSA) is 47.6 Å². The van der Waals surface area contributed by atoms with Crippen LogP contribution < -0.4 is 14.8 Å². The van der Waals surface area contributed by atoms with Gasteiger partial charge in [0.1, 0.15) is 11.5 Å². The van der Waals surface area contributed by atoms with E-state index in [0.717, 1.165) is 5.56 Å². The summed E-state index contributed by atoms with van der Waals surface area (Å²) < 4.78 is 10.9. The van der Waals surface area contributed by atoms with Crippen LogP contribution in [0.15, 0.2) is 42.5 Å². The number of aryl methyl sites for hydroxylation is 1. The summed E-state index contributed by atoms with van der Waals surface area (Å²) in [5.41, 5.74) is 1.63. The lowest BCUT2D eigenvalue weighted by Crippen LogP contribution is -2.20. The first kappa shape index (κ1) is 16.2. The van der Waals surface area contributed by atoms with Crippen molar-refractivity contribution < 1.29 is 14.3 Å². The molecule has 0 aliphatic heterocycles. The van der Waals surface area contributed by atoms with Crippen LogP contribution in [-0.4, -0.2) is 19.1 Å². The van der Waals surface area contributed by atoms with Gasteiger partial charge in [-0.1, -0.05) is 23.7 Å². The maximum absolute atomic E-state index is 11.9. The highest BCUT2D eigenvalue weighted by molar-refractivity contribution is 6.31. The summed E-state index contributed by atoms with van der Waals surface area (Å²) >= 11 is 5.92. The monoisotopic (exact) mass is 319 g/mol. The molecule has 0 saturated carbocycles. The fraction of sp³-hybridized carbons (Fsp3) is 0.235. The minimum Gasteiger partial charge on any atom is -0.494 e. The summed E-state index contributed by atoms with van der Waals surface area (Å²) in [6.07, 6.45) is 0. The van der Waals surface area contributed by atoms with Crippen LogP contribution >= 0.6 is 11.6 Å². The number of nitrogens with one attached hydrogen (secondary N) is 1. The van der Waals surface area contributed by atoms with E-state index in [-0.39, 0.29) is 12.5 Å². The Bertz CT molecular complexity index is 658. The van der Waals surface area contributed by atoms with Crippen LogP contribution in [0.4, 0.5) is 5.69 Å². The Morgan fingerprint density at radius 3 is 2.59 bits per heavy atom. The predicted molar refractivity (Wildman–Crippen MR) is 87.9 cm³/mol. The van der Waals surface area contributed by atoms with E-state index in [1.807, 2.05) is 32.0 Å². The summed E-state index contributed by atoms with van der Waals surface area (Å²) in [5.74, 6) is 1.06. The molecule has 0 radical (unpaired) electrons. The molecular formula is C17H18ClNO3. The Balaban J connectivity index is 1.92. The Kier molecular flexibility index (Phi) is 5.67. The van der Waals surface area contributed by atoms with Crippen LogP contribution in [0.3, 0.4) is 0 Å². The van der Waals surface area contributed by atoms with Crippen LogP contribution in [0.2, 0.25) is 5.02 Å². The highest BCUT2D eigenvalue weighted by Crippen LogP contribution is 2.21. The second-order valence-electron chi connectivity index (χ2n) is 4.70. The van der Waals surface area contributed by atoms with Crippen LogP contribution in [0, 0.1) is 6.92 Å². The van der Waals surface area contributed by atoms with E-state index in [0.29, 0.717) is 28.8 Å². The fourth-order valence-corrected chi connectivity index (χ4v) is 2.06. The summed E-state index contributed by atoms with van der Waals surface area (Å²) in [4.78, 5) is 11.9. The molecule has 2 aromatic carbocycles. The molecule has 2 rings (SSSR count). The highest BCUT2D eigenvalue weighted by Gasteiger charge is 2.07. The molecule has 4 nitrogen and oxygen atoms in total. The van der Waals surface area contributed by atoms with Gasteiger partial charge in [-0.15, -0.1) is 0 Å². The third kappa shape index (κ3) is 4.67. The third-order valence-electron chi connectivity index (χ3n) is 2.96. The van der Waals surface area contributed by atoms with Gasteiger partial charge < -0.3 is 14.8 Å². The van der Waals surface area contributed by atoms with Gasteiger partial charge in [0.15, 0.2) is 6.61 Å². The lowest BCUT2D eigenvalue weighted by molar-refractivity contribution is -0.118. The molecule has 0 aliphatic carbocycles. The first-order chi connectivity index (χ1) is 10.6. The number of ether oxygens (including phenoxy) is 2. The third-order valence-corrected chi connectivity index (χ3v) is 3.20. The van der Waals surface area contributed by atoms with Crippen molar-refractivity contribution >= 4 is 23.2 Å². The van der Waals surface area contributed by atoms with E-state index in [2.05, 4.69) is 5.32 Å². The largest absolute Gasteiger partial charge is 0.494 e. The zero-order valence-corrected chi connectivity index (χ0v) is 13.3. The van der Waals surface area contributed by atoms with Crippen LogP contribution in [-0.2, 0) is 4.79 Å². The van der Waals surface area contributed by atoms with Crippen LogP contribution in [0.1, 0.15) is 12.5 Å². The van der Waals surface area contributed by atoms with Gasteiger partial charge in [0.05, 0.1) is 6.61 Å². The lowest BCUT2D eigenvalue weighted by atomic mass is 10.2. The zero-order chi connectivity index (χ0) is 15.9. The maximum atomic E-state index is 11.9. The van der Waals surface area contributed by atoms with Crippen molar-refractivity contribution in [1.29, 1.82) is 0 Å². The molecule has 1 N–H and O–H groups in total. The van der Waals surface area contributed by atoms with Gasteiger partial charge in [-0.3, -0.25) is 4.79 Å². The standard InChI is InChI=1S/C17H18ClNO3/c1-3-21-14-5-4-6-15(10-14)22-11-17(20)19-16-9-13(18)8-7-12(16)2/h4-10H,3,11H2,1-2H3,(H,19,20). The summed E-state index contributed by atoms with van der Waals surface area (Å²) in [5, 5.41) is 3.36. The number of amides is 1. The van der Waals surface area contributed by atoms with Crippen molar-refractivity contribution in [3.05, 3.63) is 53.1 Å². The molecule has 0 fully saturated rings. The molecule has 5 heteroatoms. The van der Waals surface area contributed by atoms with Gasteiger partial charge in [-0.05, 0) is 43.7 Å². The van der Waals surface area contributed by atoms with Crippen molar-refractivity contribution in [2.24, 2.45) is 0 Å². The molecule has 0 aromatic heterocycles. The van der Waals surface area contributed by atoms with E-state index in [1.165, 1.54) is 0 Å². The van der Waals surface area contributed by atoms with E-state index < -0.39 is 0 Å². The van der Waals surface area contributed by atoms with Crippen molar-refractivity contribution in [2.45, 2.75) is 13.8 Å². The van der Waals surface area contributed by atoms with E-state index in [9.17, 15) is 4.79 Å². The van der Waals surface area contributed by atoms with Gasteiger partial charge >= 0.3 is 0 Å². The van der Waals surface area contributed by atoms with E-state index >= 15 is 0 Å². The van der Waals surface area contributed by atoms with Gasteiger partial charge in [-0.25, -0.2) is 0 Å². The Morgan fingerprint density at radius 2 is 1.86 bits per heavy atom. The number of hydrogen-bond donors (Lipinski definition) is 1. The number of carbonyl (C=O) groups excluding carboxylic acids is 1. The Hall–Kier alpha value is -2.20. The van der Waals surface area contributed by atoms with Gasteiger partial charge in [0, 0.05) is 16.8 Å². The van der Waals surface area contributed by atoms with Gasteiger partial charge in [0.25, 0.3) is 5.91 Å². The van der Waals surface area contributed by atoms with Gasteiger partial charge in [-0.2, -0.15) is 0 Å². The van der Waals surface area contributed by atoms with Crippen molar-refractivity contribution in [3.63, 3.8) is 0 Å². The first-order valence-electron chi connectivity index (χ1n) is 7.00. The minimum atomic E-state index is -0.243. The molecule has 0 saturated heterocycles. The van der Waals surface area contributed by atoms with E-state index in [4.69, 9.17) is 21.1 Å². The van der Waals surface area contributed by atoms with Crippen LogP contribution in [0.5, 0.6) is 11.5 Å². The van der Waals surface area contributed by atoms with Crippen molar-refractivity contribution in [3.8, 4) is 11.5 Å². The Labute approximate surface area is 135 Å². The number of halogens is 1. The van der Waals surface area contributed by atoms with E-state index in [1.54, 1.807) is 24.3 Å².